The first-order valence-corrected chi connectivity index (χ1v) is 47.7. The lowest BCUT2D eigenvalue weighted by atomic mass is 10.0. The Kier molecular flexibility index (Phi) is 31.0. The van der Waals surface area contributed by atoms with E-state index in [2.05, 4.69) is 94.6 Å². The molecule has 0 radical (unpaired) electrons. The molecule has 0 bridgehead atoms. The Balaban J connectivity index is 0.000000123. The van der Waals surface area contributed by atoms with E-state index in [0.717, 1.165) is 122 Å². The molecule has 15 aromatic carbocycles. The Morgan fingerprint density at radius 3 is 1.14 bits per heavy atom. The number of rotatable bonds is 20. The average Bonchev–Trinajstić information content (AvgIpc) is 1.71. The molecule has 0 saturated carbocycles. The van der Waals surface area contributed by atoms with E-state index in [-0.39, 0.29) is 22.6 Å². The van der Waals surface area contributed by atoms with Crippen molar-refractivity contribution in [2.45, 2.75) is 37.0 Å². The van der Waals surface area contributed by atoms with Crippen LogP contribution in [0.2, 0.25) is 40.2 Å². The second-order valence-electron chi connectivity index (χ2n) is 31.0. The number of anilines is 4. The highest BCUT2D eigenvalue weighted by Crippen LogP contribution is 2.37. The molecule has 0 saturated heterocycles. The number of aromatic nitrogens is 10. The first kappa shape index (κ1) is 95.4. The summed E-state index contributed by atoms with van der Waals surface area (Å²) in [5, 5.41) is 20.1. The van der Waals surface area contributed by atoms with Crippen molar-refractivity contribution in [2.75, 3.05) is 28.4 Å². The van der Waals surface area contributed by atoms with E-state index >= 15 is 0 Å². The zero-order valence-corrected chi connectivity index (χ0v) is 80.6. The van der Waals surface area contributed by atoms with Crippen LogP contribution in [0.25, 0.3) is 112 Å². The van der Waals surface area contributed by atoms with E-state index < -0.39 is 9.84 Å². The maximum atomic E-state index is 12.7. The first-order chi connectivity index (χ1) is 65.8. The van der Waals surface area contributed by atoms with Crippen molar-refractivity contribution in [3.05, 3.63) is 407 Å². The van der Waals surface area contributed by atoms with Crippen LogP contribution in [0, 0.1) is 6.92 Å². The van der Waals surface area contributed by atoms with Gasteiger partial charge in [0.25, 0.3) is 5.91 Å². The molecule has 0 atom stereocenters. The van der Waals surface area contributed by atoms with E-state index in [9.17, 15) is 18.0 Å². The van der Waals surface area contributed by atoms with Gasteiger partial charge in [0.05, 0.1) is 98.0 Å². The fourth-order valence-electron chi connectivity index (χ4n) is 14.6. The van der Waals surface area contributed by atoms with E-state index in [1.807, 2.05) is 213 Å². The Hall–Kier alpha value is -13.8. The van der Waals surface area contributed by atoms with E-state index in [4.69, 9.17) is 122 Å². The summed E-state index contributed by atoms with van der Waals surface area (Å²) in [6, 6.07) is 102. The number of sulfone groups is 1. The molecule has 0 aliphatic carbocycles. The number of H-pyrrole nitrogens is 5. The third kappa shape index (κ3) is 24.7. The lowest BCUT2D eigenvalue weighted by Crippen LogP contribution is -2.27. The molecule has 31 heteroatoms. The largest absolute Gasteiger partial charge is 0.497 e. The van der Waals surface area contributed by atoms with E-state index in [0.29, 0.717) is 116 Å². The summed E-state index contributed by atoms with van der Waals surface area (Å²) < 4.78 is 30.6. The minimum absolute atomic E-state index is 0.140. The molecule has 0 spiro atoms. The molecule has 20 aromatic rings. The van der Waals surface area contributed by atoms with Gasteiger partial charge in [-0.25, -0.2) is 38.1 Å². The van der Waals surface area contributed by atoms with Gasteiger partial charge in [-0.3, -0.25) is 4.79 Å². The van der Waals surface area contributed by atoms with Crippen molar-refractivity contribution in [1.29, 1.82) is 0 Å². The van der Waals surface area contributed by atoms with Crippen molar-refractivity contribution < 1.29 is 22.7 Å². The number of aromatic amines is 5. The maximum Gasteiger partial charge on any atom is 0.323 e. The zero-order valence-electron chi connectivity index (χ0n) is 72.1. The summed E-state index contributed by atoms with van der Waals surface area (Å²) in [5.41, 5.74) is 21.0. The monoisotopic (exact) mass is 2010 g/mol. The summed E-state index contributed by atoms with van der Waals surface area (Å²) in [5.74, 6) is 3.78. The number of hydrogen-bond acceptors (Lipinski definition) is 12. The summed E-state index contributed by atoms with van der Waals surface area (Å²) in [6.07, 6.45) is 1.46. The predicted octanol–water partition coefficient (Wildman–Crippen LogP) is 29.2. The number of fused-ring (bicyclic) bond motifs is 5. The summed E-state index contributed by atoms with van der Waals surface area (Å²) in [6.45, 7) is 2.54. The molecule has 0 fully saturated rings. The number of urea groups is 1. The quantitative estimate of drug-likeness (QED) is 0.0318. The van der Waals surface area contributed by atoms with E-state index in [1.54, 1.807) is 104 Å². The number of ether oxygens (including phenoxy) is 1. The van der Waals surface area contributed by atoms with Gasteiger partial charge in [0.15, 0.2) is 14.9 Å². The van der Waals surface area contributed by atoms with Crippen LogP contribution < -0.4 is 31.3 Å². The number of imidazole rings is 5. The molecule has 5 heterocycles. The smallest absolute Gasteiger partial charge is 0.323 e. The summed E-state index contributed by atoms with van der Waals surface area (Å²) >= 11 is 60.6. The van der Waals surface area contributed by atoms with Crippen LogP contribution in [0.5, 0.6) is 5.75 Å². The van der Waals surface area contributed by atoms with Crippen LogP contribution in [0.1, 0.15) is 38.2 Å². The van der Waals surface area contributed by atoms with Crippen molar-refractivity contribution in [3.8, 4) is 62.7 Å². The van der Waals surface area contributed by atoms with Gasteiger partial charge in [-0.15, -0.1) is 0 Å². The van der Waals surface area contributed by atoms with Gasteiger partial charge < -0.3 is 56.2 Å². The van der Waals surface area contributed by atoms with Gasteiger partial charge in [-0.2, -0.15) is 0 Å². The van der Waals surface area contributed by atoms with Crippen LogP contribution in [-0.2, 0) is 35.0 Å². The minimum atomic E-state index is -3.50. The van der Waals surface area contributed by atoms with Gasteiger partial charge in [-0.05, 0) is 259 Å². The highest BCUT2D eigenvalue weighted by molar-refractivity contribution is 7.90. The number of amides is 3. The molecular formula is C105H79Cl8N15O5S3. The van der Waals surface area contributed by atoms with E-state index in [1.165, 1.54) is 17.7 Å². The standard InChI is InChI=1S/C22H16Cl2N2S.C22H18ClN3O2.C21H17ClN4S.C20H14Cl2N4O.C20H14Cl2N2O2S/c23-16-8-5-14(6-9-16)11-17(27)12-15-7-10-19(24)18(13-15)22-25-20-3-1-2-4-21(20)26-22;1-13-11-15(28-2)8-9-16(13)22(27)24-14-7-10-18(23)17(12-14)21-25-19-5-3-4-6-20(19)26-21;22-17-11-10-15(24-21(27)23-13-14-6-2-1-3-7-14)12-16(17)20-25-18-8-4-5-9-19(18)26-20;21-12-4-3-5-13(10-12)23-20(27)24-14-8-9-16(22)15(11-14)19-25-17-6-1-2-7-18(17)26-19;21-14-6-8-15(9-7-14)27(25,26)12-13-5-10-17(22)16(11-13)20-23-18-3-1-2-4-19(18)24-20/h1-10,13H,11-12H2,(H,25,26);3-12H,1-2H3,(H,24,27)(H,25,26);1-12H,13H2,(H,25,26)(H2,23,24,27);1-11H,(H,25,26)(H2,23,24,27);1-11H,12H2,(H,23,24). The molecule has 0 unspecified atom stereocenters. The summed E-state index contributed by atoms with van der Waals surface area (Å²) in [7, 11) is -1.90. The van der Waals surface area contributed by atoms with Gasteiger partial charge in [0.1, 0.15) is 34.9 Å². The Morgan fingerprint density at radius 1 is 0.346 bits per heavy atom. The number of hydrogen-bond donors (Lipinski definition) is 10. The number of nitrogens with zero attached hydrogens (tertiary/aromatic N) is 5. The van der Waals surface area contributed by atoms with Gasteiger partial charge in [-0.1, -0.05) is 226 Å². The highest BCUT2D eigenvalue weighted by Gasteiger charge is 2.22. The molecule has 0 aliphatic rings. The fraction of sp³-hybridized carbons (Fsp3) is 0.0571. The van der Waals surface area contributed by atoms with Crippen molar-refractivity contribution in [2.24, 2.45) is 0 Å². The van der Waals surface area contributed by atoms with Gasteiger partial charge >= 0.3 is 6.03 Å². The van der Waals surface area contributed by atoms with Gasteiger partial charge in [0, 0.05) is 95.4 Å². The number of methoxy groups -OCH3 is 1. The number of thiocarbonyl (C=S) groups is 2. The number of halogens is 8. The average molecular weight is 2010 g/mol. The van der Waals surface area contributed by atoms with Crippen molar-refractivity contribution in [1.82, 2.24) is 55.2 Å². The molecule has 20 nitrogen and oxygen atoms in total. The maximum absolute atomic E-state index is 12.7. The Labute approximate surface area is 832 Å². The second-order valence-corrected chi connectivity index (χ2v) is 37.3. The van der Waals surface area contributed by atoms with Crippen LogP contribution >= 0.6 is 117 Å². The number of carbonyl (C=O) groups excluding carboxylic acids is 2. The minimum Gasteiger partial charge on any atom is -0.497 e. The third-order valence-electron chi connectivity index (χ3n) is 21.3. The van der Waals surface area contributed by atoms with Crippen molar-refractivity contribution >= 4 is 227 Å². The SMILES string of the molecule is COc1ccc(C(=O)Nc2ccc(Cl)c(-c3nc4ccccc4[nH]3)c2)c(C)c1.O=C(Nc1cccc(Cl)c1)Nc1ccc(Cl)c(-c2nc3ccccc3[nH]2)c1.O=S(=O)(Cc1ccc(Cl)c(-c2nc3ccccc3[nH]2)c1)c1ccc(Cl)cc1.S=C(Cc1ccc(Cl)cc1)Cc1ccc(Cl)c(-c2nc3ccccc3[nH]2)c1.S=C(NCc1ccccc1)Nc1ccc(Cl)c(-c2nc3ccccc3[nH]2)c1. The Morgan fingerprint density at radius 2 is 0.713 bits per heavy atom. The predicted molar refractivity (Wildman–Crippen MR) is 566 cm³/mol. The number of carbonyl (C=O) groups is 2. The highest BCUT2D eigenvalue weighted by atomic mass is 35.5. The number of aryl methyl sites for hydroxylation is 1. The van der Waals surface area contributed by atoms with Crippen LogP contribution in [0.15, 0.2) is 339 Å². The molecule has 678 valence electrons. The Bertz CT molecular complexity index is 7750. The lowest BCUT2D eigenvalue weighted by molar-refractivity contribution is 0.102. The number of nitrogens with one attached hydrogen (secondary N) is 10. The normalized spacial score (nSPS) is 11.0. The number of para-hydroxylation sites is 10. The zero-order chi connectivity index (χ0) is 94.9. The third-order valence-corrected chi connectivity index (χ3v) is 25.9. The van der Waals surface area contributed by atoms with Crippen LogP contribution in [-0.4, -0.2) is 87.3 Å². The summed E-state index contributed by atoms with van der Waals surface area (Å²) in [4.78, 5) is 65.5. The molecule has 20 rings (SSSR count). The molecular weight excluding hydrogens is 1930 g/mol. The fourth-order valence-corrected chi connectivity index (χ4v) is 17.9. The van der Waals surface area contributed by atoms with Crippen LogP contribution in [0.3, 0.4) is 0 Å². The number of benzene rings is 15. The first-order valence-electron chi connectivity index (χ1n) is 42.2. The lowest BCUT2D eigenvalue weighted by Gasteiger charge is -2.12. The molecule has 10 N–H and O–H groups in total. The molecule has 0 aliphatic heterocycles. The molecule has 5 aromatic heterocycles. The molecule has 3 amide bonds. The second kappa shape index (κ2) is 44.2. The van der Waals surface area contributed by atoms with Gasteiger partial charge in [0.2, 0.25) is 0 Å². The van der Waals surface area contributed by atoms with Crippen LogP contribution in [0.4, 0.5) is 27.5 Å². The van der Waals surface area contributed by atoms with Crippen molar-refractivity contribution in [3.63, 3.8) is 0 Å². The topological polar surface area (TPSA) is 281 Å². The molecule has 136 heavy (non-hydrogen) atoms.